The molecule has 3 unspecified atom stereocenters. The highest BCUT2D eigenvalue weighted by Crippen LogP contribution is 2.53. The number of hydrogen-bond acceptors (Lipinski definition) is 6. The average molecular weight is 329 g/mol. The molecule has 2 saturated heterocycles. The van der Waals surface area contributed by atoms with Crippen molar-refractivity contribution in [2.45, 2.75) is 24.9 Å². The molecule has 1 aromatic carbocycles. The number of anilines is 1. The van der Waals surface area contributed by atoms with Crippen molar-refractivity contribution in [2.75, 3.05) is 18.2 Å². The van der Waals surface area contributed by atoms with Crippen LogP contribution in [0.1, 0.15) is 28.8 Å². The fourth-order valence-corrected chi connectivity index (χ4v) is 3.57. The summed E-state index contributed by atoms with van der Waals surface area (Å²) in [5, 5.41) is 1.67. The highest BCUT2D eigenvalue weighted by Gasteiger charge is 2.63. The number of carbonyl (C=O) groups excluding carboxylic acids is 3. The molecule has 3 aliphatic rings. The summed E-state index contributed by atoms with van der Waals surface area (Å²) in [5.74, 6) is -0.423. The van der Waals surface area contributed by atoms with E-state index < -0.39 is 6.09 Å². The van der Waals surface area contributed by atoms with Gasteiger partial charge in [-0.2, -0.15) is 0 Å². The lowest BCUT2D eigenvalue weighted by Gasteiger charge is -2.41. The quantitative estimate of drug-likeness (QED) is 0.635. The molecule has 3 heterocycles. The first-order chi connectivity index (χ1) is 11.5. The summed E-state index contributed by atoms with van der Waals surface area (Å²) in [5.41, 5.74) is 7.00. The maximum absolute atomic E-state index is 11.8. The first-order valence-corrected chi connectivity index (χ1v) is 7.55. The first kappa shape index (κ1) is 14.9. The number of amides is 2. The Morgan fingerprint density at radius 1 is 1.54 bits per heavy atom. The zero-order chi connectivity index (χ0) is 17.0. The molecule has 8 nitrogen and oxygen atoms in total. The van der Waals surface area contributed by atoms with Gasteiger partial charge in [0.15, 0.2) is 6.10 Å². The van der Waals surface area contributed by atoms with Crippen molar-refractivity contribution in [3.63, 3.8) is 0 Å². The summed E-state index contributed by atoms with van der Waals surface area (Å²) in [4.78, 5) is 41.5. The van der Waals surface area contributed by atoms with Gasteiger partial charge in [-0.1, -0.05) is 0 Å². The van der Waals surface area contributed by atoms with Crippen molar-refractivity contribution in [3.8, 4) is 0 Å². The van der Waals surface area contributed by atoms with Gasteiger partial charge >= 0.3 is 6.09 Å². The lowest BCUT2D eigenvalue weighted by Crippen LogP contribution is -2.45. The lowest BCUT2D eigenvalue weighted by molar-refractivity contribution is -0.124. The van der Waals surface area contributed by atoms with Crippen LogP contribution < -0.4 is 10.8 Å². The summed E-state index contributed by atoms with van der Waals surface area (Å²) >= 11 is 0. The third kappa shape index (κ3) is 2.14. The van der Waals surface area contributed by atoms with Crippen LogP contribution in [-0.4, -0.2) is 48.4 Å². The molecule has 2 N–H and O–H groups in total. The molecule has 0 aromatic heterocycles. The third-order valence-electron chi connectivity index (χ3n) is 4.62. The molecule has 2 bridgehead atoms. The number of nitrogens with two attached hydrogens (primary N) is 1. The Labute approximate surface area is 138 Å². The molecule has 2 amide bonds. The van der Waals surface area contributed by atoms with E-state index in [-0.39, 0.29) is 30.5 Å². The van der Waals surface area contributed by atoms with Crippen LogP contribution in [0.5, 0.6) is 0 Å². The van der Waals surface area contributed by atoms with Crippen LogP contribution in [0.4, 0.5) is 10.5 Å². The molecule has 8 heteroatoms. The fraction of sp³-hybridized carbons (Fsp3) is 0.375. The topological polar surface area (TPSA) is 102 Å². The molecule has 2 fully saturated rings. The van der Waals surface area contributed by atoms with Crippen molar-refractivity contribution in [1.29, 1.82) is 0 Å². The number of hydroxylamine groups is 1. The second-order valence-electron chi connectivity index (χ2n) is 6.03. The first-order valence-electron chi connectivity index (χ1n) is 7.55. The van der Waals surface area contributed by atoms with E-state index in [2.05, 4.69) is 6.07 Å². The smallest absolute Gasteiger partial charge is 0.404 e. The lowest BCUT2D eigenvalue weighted by atomic mass is 9.86. The van der Waals surface area contributed by atoms with Crippen molar-refractivity contribution in [2.24, 2.45) is 5.73 Å². The Balaban J connectivity index is 1.73. The molecule has 24 heavy (non-hydrogen) atoms. The van der Waals surface area contributed by atoms with Crippen LogP contribution in [0, 0.1) is 12.2 Å². The minimum absolute atomic E-state index is 0.00257. The van der Waals surface area contributed by atoms with E-state index in [1.165, 1.54) is 6.92 Å². The second-order valence-corrected chi connectivity index (χ2v) is 6.03. The highest BCUT2D eigenvalue weighted by molar-refractivity contribution is 5.81. The van der Waals surface area contributed by atoms with Gasteiger partial charge in [-0.3, -0.25) is 19.5 Å². The van der Waals surface area contributed by atoms with Gasteiger partial charge in [0.05, 0.1) is 30.2 Å². The summed E-state index contributed by atoms with van der Waals surface area (Å²) in [6.45, 7) is 2.02. The number of rotatable bonds is 3. The fourth-order valence-electron chi connectivity index (χ4n) is 3.57. The van der Waals surface area contributed by atoms with Crippen LogP contribution in [0.25, 0.3) is 0 Å². The van der Waals surface area contributed by atoms with Crippen LogP contribution in [0.15, 0.2) is 12.1 Å². The van der Waals surface area contributed by atoms with E-state index >= 15 is 0 Å². The van der Waals surface area contributed by atoms with Crippen LogP contribution in [0.3, 0.4) is 0 Å². The van der Waals surface area contributed by atoms with Crippen molar-refractivity contribution >= 4 is 24.0 Å². The van der Waals surface area contributed by atoms with Crippen molar-refractivity contribution < 1.29 is 24.0 Å². The largest absolute Gasteiger partial charge is 0.449 e. The van der Waals surface area contributed by atoms with E-state index in [1.54, 1.807) is 22.1 Å². The minimum Gasteiger partial charge on any atom is -0.449 e. The number of aldehydes is 1. The predicted octanol–water partition coefficient (Wildman–Crippen LogP) is 0.375. The van der Waals surface area contributed by atoms with Gasteiger partial charge in [0.1, 0.15) is 12.9 Å². The predicted molar refractivity (Wildman–Crippen MR) is 80.7 cm³/mol. The number of ether oxygens (including phenoxy) is 1. The SMILES string of the molecule is CC(=O)N1C2CN3O[C](C(COC(N)=O)c4[c]cc(C=O)cc43)C21. The van der Waals surface area contributed by atoms with Gasteiger partial charge < -0.3 is 15.4 Å². The summed E-state index contributed by atoms with van der Waals surface area (Å²) < 4.78 is 4.98. The number of nitrogens with zero attached hydrogens (tertiary/aromatic N) is 2. The molecule has 4 rings (SSSR count). The summed E-state index contributed by atoms with van der Waals surface area (Å²) in [7, 11) is 0. The van der Waals surface area contributed by atoms with E-state index in [1.807, 2.05) is 0 Å². The maximum Gasteiger partial charge on any atom is 0.404 e. The summed E-state index contributed by atoms with van der Waals surface area (Å²) in [6.07, 6.45) is 0.498. The van der Waals surface area contributed by atoms with E-state index in [0.717, 1.165) is 11.8 Å². The molecule has 0 saturated carbocycles. The van der Waals surface area contributed by atoms with E-state index in [4.69, 9.17) is 15.3 Å². The number of primary amides is 1. The molecule has 1 aromatic rings. The molecule has 124 valence electrons. The summed E-state index contributed by atoms with van der Waals surface area (Å²) in [6, 6.07) is 6.26. The normalized spacial score (nSPS) is 27.1. The Morgan fingerprint density at radius 3 is 3.00 bits per heavy atom. The zero-order valence-corrected chi connectivity index (χ0v) is 12.9. The number of carbonyl (C=O) groups is 3. The second kappa shape index (κ2) is 5.20. The molecule has 0 spiro atoms. The molecule has 0 aliphatic carbocycles. The molecule has 3 aliphatic heterocycles. The third-order valence-corrected chi connectivity index (χ3v) is 4.62. The van der Waals surface area contributed by atoms with Crippen molar-refractivity contribution in [1.82, 2.24) is 4.90 Å². The van der Waals surface area contributed by atoms with Gasteiger partial charge in [-0.15, -0.1) is 0 Å². The van der Waals surface area contributed by atoms with Gasteiger partial charge in [0.2, 0.25) is 5.91 Å². The van der Waals surface area contributed by atoms with Crippen LogP contribution in [0.2, 0.25) is 0 Å². The van der Waals surface area contributed by atoms with Crippen LogP contribution >= 0.6 is 0 Å². The van der Waals surface area contributed by atoms with Gasteiger partial charge in [-0.05, 0) is 23.8 Å². The number of hydrogen-bond donors (Lipinski definition) is 1. The van der Waals surface area contributed by atoms with E-state index in [0.29, 0.717) is 23.9 Å². The van der Waals surface area contributed by atoms with Crippen molar-refractivity contribution in [3.05, 3.63) is 35.4 Å². The molecular weight excluding hydrogens is 314 g/mol. The number of fused-ring (bicyclic) bond motifs is 6. The van der Waals surface area contributed by atoms with Gasteiger partial charge in [-0.25, -0.2) is 4.79 Å². The average Bonchev–Trinajstić information content (AvgIpc) is 3.28. The number of benzene rings is 1. The Morgan fingerprint density at radius 2 is 2.33 bits per heavy atom. The Kier molecular flexibility index (Phi) is 3.24. The highest BCUT2D eigenvalue weighted by atomic mass is 16.7. The van der Waals surface area contributed by atoms with Gasteiger partial charge in [0, 0.05) is 12.5 Å². The monoisotopic (exact) mass is 329 g/mol. The standard InChI is InChI=1S/C16H15N3O5/c1-8(21)19-13-5-18-12-4-9(6-20)2-3-10(12)11(7-23-16(17)22)15(24-18)14(13)19/h2,4,6,11,13-14H,5,7H2,1H3,(H2,17,22). The molecule has 2 radical (unpaired) electrons. The molecule has 3 atom stereocenters. The van der Waals surface area contributed by atoms with E-state index in [9.17, 15) is 14.4 Å². The van der Waals surface area contributed by atoms with Crippen LogP contribution in [-0.2, 0) is 14.4 Å². The minimum atomic E-state index is -0.879. The Hall–Kier alpha value is -2.61. The zero-order valence-electron chi connectivity index (χ0n) is 12.9. The maximum atomic E-state index is 11.8. The van der Waals surface area contributed by atoms with Gasteiger partial charge in [0.25, 0.3) is 0 Å². The molecular formula is C16H15N3O5. The Bertz CT molecular complexity index is 736.